The number of ether oxygens (including phenoxy) is 1. The molecule has 1 rings (SSSR count). The number of hydrogen-bond acceptors (Lipinski definition) is 2. The normalized spacial score (nSPS) is 10.3. The number of carbonyl (C=O) groups excluding carboxylic acids is 1. The van der Waals surface area contributed by atoms with Crippen molar-refractivity contribution in [3.8, 4) is 5.75 Å². The summed E-state index contributed by atoms with van der Waals surface area (Å²) in [5.74, 6) is 0.751. The summed E-state index contributed by atoms with van der Waals surface area (Å²) >= 11 is 3.34. The van der Waals surface area contributed by atoms with Crippen molar-refractivity contribution in [2.75, 3.05) is 7.11 Å². The van der Waals surface area contributed by atoms with Crippen molar-refractivity contribution < 1.29 is 9.53 Å². The quantitative estimate of drug-likeness (QED) is 0.600. The van der Waals surface area contributed by atoms with Gasteiger partial charge in [-0.25, -0.2) is 0 Å². The highest BCUT2D eigenvalue weighted by Crippen LogP contribution is 2.23. The van der Waals surface area contributed by atoms with E-state index in [9.17, 15) is 4.79 Å². The standard InChI is InChI=1S/C10H9BrO2/c1-13-10-5-4-9(11)7-8(10)3-2-6-12/h2-7H,1H3/b3-2-. The van der Waals surface area contributed by atoms with Crippen molar-refractivity contribution >= 4 is 28.3 Å². The Kier molecular flexibility index (Phi) is 3.71. The maximum Gasteiger partial charge on any atom is 0.142 e. The summed E-state index contributed by atoms with van der Waals surface area (Å²) in [7, 11) is 1.60. The van der Waals surface area contributed by atoms with Gasteiger partial charge in [-0.15, -0.1) is 0 Å². The van der Waals surface area contributed by atoms with Gasteiger partial charge in [-0.3, -0.25) is 4.79 Å². The fraction of sp³-hybridized carbons (Fsp3) is 0.100. The third-order valence-corrected chi connectivity index (χ3v) is 2.04. The summed E-state index contributed by atoms with van der Waals surface area (Å²) < 4.78 is 6.07. The van der Waals surface area contributed by atoms with Crippen LogP contribution in [0.4, 0.5) is 0 Å². The molecule has 0 unspecified atom stereocenters. The molecular formula is C10H9BrO2. The van der Waals surface area contributed by atoms with Crippen LogP contribution in [0.25, 0.3) is 6.08 Å². The van der Waals surface area contributed by atoms with Gasteiger partial charge in [-0.1, -0.05) is 15.9 Å². The van der Waals surface area contributed by atoms with Gasteiger partial charge < -0.3 is 4.74 Å². The van der Waals surface area contributed by atoms with Gasteiger partial charge in [0.1, 0.15) is 12.0 Å². The number of carbonyl (C=O) groups is 1. The van der Waals surface area contributed by atoms with E-state index in [0.29, 0.717) is 0 Å². The van der Waals surface area contributed by atoms with Crippen LogP contribution in [-0.2, 0) is 4.79 Å². The van der Waals surface area contributed by atoms with Crippen LogP contribution in [0.1, 0.15) is 5.56 Å². The molecule has 0 fully saturated rings. The Morgan fingerprint density at radius 3 is 2.85 bits per heavy atom. The SMILES string of the molecule is COc1ccc(Br)cc1/C=C\C=O. The van der Waals surface area contributed by atoms with Crippen molar-refractivity contribution in [2.24, 2.45) is 0 Å². The molecule has 2 nitrogen and oxygen atoms in total. The first kappa shape index (κ1) is 9.99. The molecule has 0 heterocycles. The predicted molar refractivity (Wildman–Crippen MR) is 55.8 cm³/mol. The van der Waals surface area contributed by atoms with Crippen LogP contribution in [-0.4, -0.2) is 13.4 Å². The van der Waals surface area contributed by atoms with E-state index in [2.05, 4.69) is 15.9 Å². The zero-order chi connectivity index (χ0) is 9.68. The first-order valence-corrected chi connectivity index (χ1v) is 4.52. The molecule has 0 atom stereocenters. The van der Waals surface area contributed by atoms with E-state index >= 15 is 0 Å². The van der Waals surface area contributed by atoms with Crippen molar-refractivity contribution in [1.82, 2.24) is 0 Å². The minimum atomic E-state index is 0.736. The third-order valence-electron chi connectivity index (χ3n) is 1.55. The molecule has 13 heavy (non-hydrogen) atoms. The van der Waals surface area contributed by atoms with E-state index in [1.54, 1.807) is 13.2 Å². The number of aldehydes is 1. The Hall–Kier alpha value is -1.09. The second-order valence-electron chi connectivity index (χ2n) is 2.38. The van der Waals surface area contributed by atoms with E-state index in [0.717, 1.165) is 22.1 Å². The minimum Gasteiger partial charge on any atom is -0.496 e. The van der Waals surface area contributed by atoms with E-state index in [1.807, 2.05) is 18.2 Å². The zero-order valence-corrected chi connectivity index (χ0v) is 8.74. The molecule has 1 aromatic carbocycles. The molecule has 0 aromatic heterocycles. The summed E-state index contributed by atoms with van der Waals surface area (Å²) in [4.78, 5) is 10.1. The summed E-state index contributed by atoms with van der Waals surface area (Å²) in [5.41, 5.74) is 0.879. The van der Waals surface area contributed by atoms with E-state index in [4.69, 9.17) is 4.74 Å². The van der Waals surface area contributed by atoms with Crippen LogP contribution in [0, 0.1) is 0 Å². The fourth-order valence-electron chi connectivity index (χ4n) is 0.978. The maximum absolute atomic E-state index is 10.1. The highest BCUT2D eigenvalue weighted by atomic mass is 79.9. The lowest BCUT2D eigenvalue weighted by molar-refractivity contribution is -0.104. The molecule has 0 aliphatic carbocycles. The van der Waals surface area contributed by atoms with Crippen molar-refractivity contribution in [3.05, 3.63) is 34.3 Å². The summed E-state index contributed by atoms with van der Waals surface area (Å²) in [6.45, 7) is 0. The van der Waals surface area contributed by atoms with Gasteiger partial charge in [-0.2, -0.15) is 0 Å². The van der Waals surface area contributed by atoms with Crippen molar-refractivity contribution in [2.45, 2.75) is 0 Å². The van der Waals surface area contributed by atoms with Crippen molar-refractivity contribution in [1.29, 1.82) is 0 Å². The lowest BCUT2D eigenvalue weighted by Gasteiger charge is -2.03. The lowest BCUT2D eigenvalue weighted by Crippen LogP contribution is -1.86. The van der Waals surface area contributed by atoms with Crippen LogP contribution in [0.3, 0.4) is 0 Å². The van der Waals surface area contributed by atoms with Gasteiger partial charge in [0.2, 0.25) is 0 Å². The topological polar surface area (TPSA) is 26.3 Å². The molecule has 3 heteroatoms. The molecule has 0 N–H and O–H groups in total. The molecule has 0 aliphatic heterocycles. The van der Waals surface area contributed by atoms with Gasteiger partial charge in [0.15, 0.2) is 0 Å². The van der Waals surface area contributed by atoms with Crippen LogP contribution in [0.15, 0.2) is 28.7 Å². The van der Waals surface area contributed by atoms with Crippen LogP contribution < -0.4 is 4.74 Å². The first-order valence-electron chi connectivity index (χ1n) is 3.73. The predicted octanol–water partition coefficient (Wildman–Crippen LogP) is 2.67. The molecule has 0 saturated carbocycles. The summed E-state index contributed by atoms with van der Waals surface area (Å²) in [6.07, 6.45) is 3.88. The van der Waals surface area contributed by atoms with Gasteiger partial charge in [0.25, 0.3) is 0 Å². The first-order chi connectivity index (χ1) is 6.27. The average Bonchev–Trinajstić information content (AvgIpc) is 2.15. The molecule has 0 bridgehead atoms. The summed E-state index contributed by atoms with van der Waals surface area (Å²) in [6, 6.07) is 5.62. The number of methoxy groups -OCH3 is 1. The van der Waals surface area contributed by atoms with E-state index in [1.165, 1.54) is 6.08 Å². The van der Waals surface area contributed by atoms with Gasteiger partial charge in [-0.05, 0) is 30.4 Å². The van der Waals surface area contributed by atoms with E-state index < -0.39 is 0 Å². The Labute approximate surface area is 85.3 Å². The Bertz CT molecular complexity index is 332. The van der Waals surface area contributed by atoms with Crippen molar-refractivity contribution in [3.63, 3.8) is 0 Å². The monoisotopic (exact) mass is 240 g/mol. The molecule has 0 amide bonds. The number of halogens is 1. The third kappa shape index (κ3) is 2.70. The van der Waals surface area contributed by atoms with Gasteiger partial charge >= 0.3 is 0 Å². The second-order valence-corrected chi connectivity index (χ2v) is 3.30. The second kappa shape index (κ2) is 4.82. The molecule has 1 aromatic rings. The number of hydrogen-bond donors (Lipinski definition) is 0. The van der Waals surface area contributed by atoms with Crippen LogP contribution in [0.5, 0.6) is 5.75 Å². The Morgan fingerprint density at radius 2 is 2.23 bits per heavy atom. The molecule has 68 valence electrons. The number of benzene rings is 1. The smallest absolute Gasteiger partial charge is 0.142 e. The Morgan fingerprint density at radius 1 is 1.46 bits per heavy atom. The lowest BCUT2D eigenvalue weighted by atomic mass is 10.2. The highest BCUT2D eigenvalue weighted by molar-refractivity contribution is 9.10. The zero-order valence-electron chi connectivity index (χ0n) is 7.16. The Balaban J connectivity index is 3.07. The maximum atomic E-state index is 10.1. The fourth-order valence-corrected chi connectivity index (χ4v) is 1.36. The largest absolute Gasteiger partial charge is 0.496 e. The number of allylic oxidation sites excluding steroid dienone is 1. The molecule has 0 radical (unpaired) electrons. The molecular weight excluding hydrogens is 232 g/mol. The van der Waals surface area contributed by atoms with Gasteiger partial charge in [0, 0.05) is 10.0 Å². The molecule has 0 saturated heterocycles. The minimum absolute atomic E-state index is 0.736. The molecule has 0 spiro atoms. The van der Waals surface area contributed by atoms with Crippen LogP contribution >= 0.6 is 15.9 Å². The highest BCUT2D eigenvalue weighted by Gasteiger charge is 1.98. The number of rotatable bonds is 3. The van der Waals surface area contributed by atoms with E-state index in [-0.39, 0.29) is 0 Å². The molecule has 0 aliphatic rings. The summed E-state index contributed by atoms with van der Waals surface area (Å²) in [5, 5.41) is 0. The van der Waals surface area contributed by atoms with Crippen LogP contribution in [0.2, 0.25) is 0 Å². The average molecular weight is 241 g/mol. The van der Waals surface area contributed by atoms with Gasteiger partial charge in [0.05, 0.1) is 7.11 Å².